The zero-order chi connectivity index (χ0) is 66.0. The summed E-state index contributed by atoms with van der Waals surface area (Å²) in [5, 5.41) is 19.5. The van der Waals surface area contributed by atoms with E-state index in [2.05, 4.69) is 362 Å². The normalized spacial score (nSPS) is 11.6. The van der Waals surface area contributed by atoms with Crippen LogP contribution in [0.5, 0.6) is 0 Å². The lowest BCUT2D eigenvalue weighted by atomic mass is 9.96. The van der Waals surface area contributed by atoms with Gasteiger partial charge in [0.1, 0.15) is 22.3 Å². The first kappa shape index (κ1) is 58.1. The molecule has 18 aromatic carbocycles. The van der Waals surface area contributed by atoms with Gasteiger partial charge in [-0.2, -0.15) is 0 Å². The largest absolute Gasteiger partial charge is 0.456 e. The fraction of sp³-hybridized carbons (Fsp3) is 0. The summed E-state index contributed by atoms with van der Waals surface area (Å²) in [6, 6.07) is 135. The molecule has 0 aliphatic heterocycles. The molecule has 0 amide bonds. The lowest BCUT2D eigenvalue weighted by Crippen LogP contribution is -2.10. The van der Waals surface area contributed by atoms with Gasteiger partial charge >= 0.3 is 0 Å². The van der Waals surface area contributed by atoms with Crippen molar-refractivity contribution in [3.8, 4) is 44.5 Å². The summed E-state index contributed by atoms with van der Waals surface area (Å²) in [6.45, 7) is 0. The Kier molecular flexibility index (Phi) is 14.2. The van der Waals surface area contributed by atoms with Crippen LogP contribution in [-0.4, -0.2) is 0 Å². The van der Waals surface area contributed by atoms with E-state index in [1.165, 1.54) is 98.0 Å². The maximum atomic E-state index is 6.44. The number of rotatable bonds is 10. The first-order valence-electron chi connectivity index (χ1n) is 34.2. The van der Waals surface area contributed by atoms with Crippen LogP contribution in [0.2, 0.25) is 0 Å². The Morgan fingerprint density at radius 3 is 1.00 bits per heavy atom. The van der Waals surface area contributed by atoms with E-state index in [4.69, 9.17) is 8.83 Å². The second kappa shape index (κ2) is 24.4. The summed E-state index contributed by atoms with van der Waals surface area (Å²) >= 11 is 0. The number of hydrogen-bond donors (Lipinski definition) is 0. The monoisotopic (exact) mass is 1270 g/mol. The van der Waals surface area contributed by atoms with Crippen molar-refractivity contribution in [1.82, 2.24) is 0 Å². The highest BCUT2D eigenvalue weighted by atomic mass is 16.3. The highest BCUT2D eigenvalue weighted by molar-refractivity contribution is 6.20. The predicted octanol–water partition coefficient (Wildman–Crippen LogP) is 27.7. The number of benzene rings is 18. The summed E-state index contributed by atoms with van der Waals surface area (Å²) in [5.41, 5.74) is 19.5. The molecule has 0 saturated carbocycles. The zero-order valence-corrected chi connectivity index (χ0v) is 54.5. The van der Waals surface area contributed by atoms with Crippen molar-refractivity contribution in [1.29, 1.82) is 0 Å². The molecular formula is C96H62N2O2. The average molecular weight is 1280 g/mol. The van der Waals surface area contributed by atoms with Crippen LogP contribution >= 0.6 is 0 Å². The quantitative estimate of drug-likeness (QED) is 0.128. The van der Waals surface area contributed by atoms with E-state index in [0.717, 1.165) is 89.1 Å². The minimum atomic E-state index is 0.869. The third-order valence-corrected chi connectivity index (χ3v) is 20.0. The van der Waals surface area contributed by atoms with Gasteiger partial charge in [0, 0.05) is 61.7 Å². The number of fused-ring (bicyclic) bond motifs is 16. The second-order valence-electron chi connectivity index (χ2n) is 25.9. The molecule has 4 nitrogen and oxygen atoms in total. The van der Waals surface area contributed by atoms with Crippen LogP contribution in [0.4, 0.5) is 34.1 Å². The fourth-order valence-corrected chi connectivity index (χ4v) is 15.1. The van der Waals surface area contributed by atoms with E-state index in [9.17, 15) is 0 Å². The predicted molar refractivity (Wildman–Crippen MR) is 424 cm³/mol. The first-order valence-corrected chi connectivity index (χ1v) is 34.2. The summed E-state index contributed by atoms with van der Waals surface area (Å²) in [4.78, 5) is 4.75. The molecule has 0 bridgehead atoms. The lowest BCUT2D eigenvalue weighted by molar-refractivity contribution is 0.668. The van der Waals surface area contributed by atoms with Gasteiger partial charge in [0.05, 0.1) is 0 Å². The number of nitrogens with zero attached hydrogens (tertiary/aromatic N) is 2. The molecule has 468 valence electrons. The van der Waals surface area contributed by atoms with Crippen molar-refractivity contribution in [3.05, 3.63) is 376 Å². The van der Waals surface area contributed by atoms with Crippen LogP contribution in [0.25, 0.3) is 153 Å². The first-order chi connectivity index (χ1) is 49.5. The van der Waals surface area contributed by atoms with E-state index < -0.39 is 0 Å². The van der Waals surface area contributed by atoms with Crippen LogP contribution in [-0.2, 0) is 0 Å². The van der Waals surface area contributed by atoms with Crippen LogP contribution in [0.1, 0.15) is 0 Å². The molecule has 20 aromatic rings. The highest BCUT2D eigenvalue weighted by Gasteiger charge is 2.21. The third kappa shape index (κ3) is 10.4. The SMILES string of the molecule is c1ccc(-c2cc(-c3ccccc3)cc(N(c3ccc4c(c3)oc3ccccc34)c3ccc4ccc5c6ccccc6ccc5c4c3)c2)cc1.c1ccc(-c2cccc(-c3ccc(N(c4ccc5ccc6c7ccccc7ccc6c5c4)c4ccc5oc6ccccc6c5c4)cc3)c2)cc1. The zero-order valence-electron chi connectivity index (χ0n) is 54.5. The van der Waals surface area contributed by atoms with Gasteiger partial charge in [0.2, 0.25) is 0 Å². The van der Waals surface area contributed by atoms with E-state index in [-0.39, 0.29) is 0 Å². The van der Waals surface area contributed by atoms with Gasteiger partial charge < -0.3 is 18.6 Å². The van der Waals surface area contributed by atoms with Gasteiger partial charge in [-0.3, -0.25) is 0 Å². The standard InChI is InChI=1S/2C48H31NO/c1-3-11-32(12-4-1)36-27-37(33-13-5-2-6-14-33)29-40(28-36)49(39-23-26-45-44-17-9-10-18-47(44)50-48(45)31-39)38-22-19-35-21-24-42-41-16-8-7-15-34(41)20-25-43(42)46(35)30-38;1-2-9-32(10-3-1)36-12-8-13-37(29-36)33-17-22-38(23-18-33)49(40-25-28-48-46(31-40)44-15-6-7-16-47(44)50-48)39-24-19-35-21-26-42-41-14-5-4-11-34(41)20-27-43(42)45(35)30-39/h2*1-31H. The van der Waals surface area contributed by atoms with Crippen molar-refractivity contribution < 1.29 is 8.83 Å². The molecule has 0 aliphatic rings. The van der Waals surface area contributed by atoms with Gasteiger partial charge in [-0.15, -0.1) is 0 Å². The Balaban J connectivity index is 0.000000139. The van der Waals surface area contributed by atoms with Gasteiger partial charge in [-0.1, -0.05) is 267 Å². The number of para-hydroxylation sites is 2. The van der Waals surface area contributed by atoms with Gasteiger partial charge in [0.25, 0.3) is 0 Å². The molecule has 0 aliphatic carbocycles. The molecule has 2 aromatic heterocycles. The van der Waals surface area contributed by atoms with Crippen molar-refractivity contribution in [2.24, 2.45) is 0 Å². The van der Waals surface area contributed by atoms with Crippen LogP contribution in [0.15, 0.2) is 385 Å². The maximum Gasteiger partial charge on any atom is 0.137 e. The van der Waals surface area contributed by atoms with E-state index in [1.807, 2.05) is 24.3 Å². The van der Waals surface area contributed by atoms with Crippen LogP contribution in [0.3, 0.4) is 0 Å². The summed E-state index contributed by atoms with van der Waals surface area (Å²) in [6.07, 6.45) is 0. The molecule has 2 heterocycles. The molecule has 4 heteroatoms. The molecule has 0 unspecified atom stereocenters. The molecule has 0 fully saturated rings. The topological polar surface area (TPSA) is 32.8 Å². The smallest absolute Gasteiger partial charge is 0.137 e. The van der Waals surface area contributed by atoms with Crippen LogP contribution in [0, 0.1) is 0 Å². The van der Waals surface area contributed by atoms with Gasteiger partial charge in [-0.05, 0) is 212 Å². The van der Waals surface area contributed by atoms with Gasteiger partial charge in [0.15, 0.2) is 0 Å². The van der Waals surface area contributed by atoms with E-state index in [1.54, 1.807) is 0 Å². The Hall–Kier alpha value is -13.3. The molecule has 0 atom stereocenters. The molecule has 0 spiro atoms. The Morgan fingerprint density at radius 2 is 0.460 bits per heavy atom. The van der Waals surface area contributed by atoms with Crippen molar-refractivity contribution in [2.75, 3.05) is 9.80 Å². The number of hydrogen-bond acceptors (Lipinski definition) is 4. The van der Waals surface area contributed by atoms with E-state index >= 15 is 0 Å². The minimum absolute atomic E-state index is 0.869. The van der Waals surface area contributed by atoms with E-state index in [0.29, 0.717) is 0 Å². The highest BCUT2D eigenvalue weighted by Crippen LogP contribution is 2.46. The van der Waals surface area contributed by atoms with Crippen molar-refractivity contribution in [2.45, 2.75) is 0 Å². The molecule has 0 N–H and O–H groups in total. The van der Waals surface area contributed by atoms with Gasteiger partial charge in [-0.25, -0.2) is 0 Å². The van der Waals surface area contributed by atoms with Crippen molar-refractivity contribution >= 4 is 143 Å². The fourth-order valence-electron chi connectivity index (χ4n) is 15.1. The lowest BCUT2D eigenvalue weighted by Gasteiger charge is -2.27. The van der Waals surface area contributed by atoms with Crippen LogP contribution < -0.4 is 9.80 Å². The summed E-state index contributed by atoms with van der Waals surface area (Å²) < 4.78 is 12.7. The summed E-state index contributed by atoms with van der Waals surface area (Å²) in [7, 11) is 0. The molecular weight excluding hydrogens is 1210 g/mol. The minimum Gasteiger partial charge on any atom is -0.456 e. The molecule has 20 rings (SSSR count). The average Bonchev–Trinajstić information content (AvgIpc) is 0.878. The molecule has 100 heavy (non-hydrogen) atoms. The number of anilines is 6. The Labute approximate surface area is 578 Å². The molecule has 0 saturated heterocycles. The molecule has 0 radical (unpaired) electrons. The Bertz CT molecular complexity index is 6470. The number of furan rings is 2. The maximum absolute atomic E-state index is 6.44. The second-order valence-corrected chi connectivity index (χ2v) is 25.9. The Morgan fingerprint density at radius 1 is 0.140 bits per heavy atom. The van der Waals surface area contributed by atoms with Crippen molar-refractivity contribution in [3.63, 3.8) is 0 Å². The third-order valence-electron chi connectivity index (χ3n) is 20.0. The summed E-state index contributed by atoms with van der Waals surface area (Å²) in [5.74, 6) is 0.